The standard InChI is InChI=1S/C19H19N3S/c1-19(2,3)18-21-16(12-8-9-23-11-12)17(22-18)14-10-20-15-7-5-4-6-13(14)15/h4-11,20H,1-3H3,(H,21,22). The molecular weight excluding hydrogens is 302 g/mol. The number of aromatic amines is 2. The van der Waals surface area contributed by atoms with E-state index in [-0.39, 0.29) is 5.41 Å². The molecule has 4 aromatic rings. The monoisotopic (exact) mass is 321 g/mol. The van der Waals surface area contributed by atoms with Crippen molar-refractivity contribution in [2.75, 3.05) is 0 Å². The van der Waals surface area contributed by atoms with E-state index in [0.717, 1.165) is 22.7 Å². The van der Waals surface area contributed by atoms with Gasteiger partial charge in [0.1, 0.15) is 5.82 Å². The second kappa shape index (κ2) is 5.10. The smallest absolute Gasteiger partial charge is 0.112 e. The largest absolute Gasteiger partial charge is 0.360 e. The Kier molecular flexibility index (Phi) is 3.16. The summed E-state index contributed by atoms with van der Waals surface area (Å²) in [6.07, 6.45) is 2.07. The molecule has 3 aromatic heterocycles. The summed E-state index contributed by atoms with van der Waals surface area (Å²) >= 11 is 1.70. The van der Waals surface area contributed by atoms with Crippen molar-refractivity contribution < 1.29 is 0 Å². The van der Waals surface area contributed by atoms with E-state index in [9.17, 15) is 0 Å². The minimum Gasteiger partial charge on any atom is -0.360 e. The number of nitrogens with one attached hydrogen (secondary N) is 2. The van der Waals surface area contributed by atoms with Crippen LogP contribution in [0.15, 0.2) is 47.3 Å². The van der Waals surface area contributed by atoms with Gasteiger partial charge in [0.15, 0.2) is 0 Å². The lowest BCUT2D eigenvalue weighted by atomic mass is 9.96. The molecule has 0 unspecified atom stereocenters. The molecule has 0 aliphatic rings. The van der Waals surface area contributed by atoms with Crippen LogP contribution in [0.25, 0.3) is 33.4 Å². The highest BCUT2D eigenvalue weighted by Gasteiger charge is 2.23. The highest BCUT2D eigenvalue weighted by Crippen LogP contribution is 2.37. The van der Waals surface area contributed by atoms with Gasteiger partial charge in [-0.25, -0.2) is 4.98 Å². The number of hydrogen-bond donors (Lipinski definition) is 2. The van der Waals surface area contributed by atoms with Crippen LogP contribution in [0.2, 0.25) is 0 Å². The molecule has 23 heavy (non-hydrogen) atoms. The quantitative estimate of drug-likeness (QED) is 0.497. The first-order valence-corrected chi connectivity index (χ1v) is 8.68. The van der Waals surface area contributed by atoms with Crippen molar-refractivity contribution in [3.8, 4) is 22.5 Å². The maximum absolute atomic E-state index is 4.92. The number of H-pyrrole nitrogens is 2. The lowest BCUT2D eigenvalue weighted by Crippen LogP contribution is -2.13. The summed E-state index contributed by atoms with van der Waals surface area (Å²) in [6, 6.07) is 10.5. The zero-order chi connectivity index (χ0) is 16.0. The number of fused-ring (bicyclic) bond motifs is 1. The van der Waals surface area contributed by atoms with Gasteiger partial charge in [0.25, 0.3) is 0 Å². The molecule has 4 heteroatoms. The summed E-state index contributed by atoms with van der Waals surface area (Å²) in [5.74, 6) is 1.01. The minimum atomic E-state index is -0.0187. The maximum atomic E-state index is 4.92. The number of nitrogens with zero attached hydrogens (tertiary/aromatic N) is 1. The normalized spacial score (nSPS) is 12.1. The van der Waals surface area contributed by atoms with Crippen LogP contribution in [0.5, 0.6) is 0 Å². The average Bonchev–Trinajstić information content (AvgIpc) is 3.24. The SMILES string of the molecule is CC(C)(C)c1nc(-c2ccsc2)c(-c2c[nH]c3ccccc23)[nH]1. The van der Waals surface area contributed by atoms with Gasteiger partial charge in [0.2, 0.25) is 0 Å². The summed E-state index contributed by atoms with van der Waals surface area (Å²) < 4.78 is 0. The van der Waals surface area contributed by atoms with Crippen LogP contribution in [-0.2, 0) is 5.41 Å². The number of hydrogen-bond acceptors (Lipinski definition) is 2. The molecule has 0 fully saturated rings. The van der Waals surface area contributed by atoms with E-state index >= 15 is 0 Å². The van der Waals surface area contributed by atoms with E-state index in [4.69, 9.17) is 4.98 Å². The Balaban J connectivity index is 1.99. The van der Waals surface area contributed by atoms with Gasteiger partial charge in [-0.05, 0) is 17.5 Å². The van der Waals surface area contributed by atoms with E-state index in [0.29, 0.717) is 0 Å². The third-order valence-electron chi connectivity index (χ3n) is 4.07. The zero-order valence-corrected chi connectivity index (χ0v) is 14.3. The van der Waals surface area contributed by atoms with Gasteiger partial charge in [-0.2, -0.15) is 11.3 Å². The van der Waals surface area contributed by atoms with E-state index in [1.54, 1.807) is 11.3 Å². The second-order valence-corrected chi connectivity index (χ2v) is 7.60. The molecular formula is C19H19N3S. The van der Waals surface area contributed by atoms with Crippen LogP contribution in [0.1, 0.15) is 26.6 Å². The van der Waals surface area contributed by atoms with Crippen LogP contribution in [0.3, 0.4) is 0 Å². The van der Waals surface area contributed by atoms with Crippen LogP contribution in [-0.4, -0.2) is 15.0 Å². The molecule has 2 N–H and O–H groups in total. The molecule has 0 radical (unpaired) electrons. The Morgan fingerprint density at radius 1 is 1.09 bits per heavy atom. The molecule has 0 bridgehead atoms. The Morgan fingerprint density at radius 2 is 1.91 bits per heavy atom. The van der Waals surface area contributed by atoms with Crippen molar-refractivity contribution in [1.29, 1.82) is 0 Å². The summed E-state index contributed by atoms with van der Waals surface area (Å²) in [5.41, 5.74) is 5.58. The summed E-state index contributed by atoms with van der Waals surface area (Å²) in [7, 11) is 0. The van der Waals surface area contributed by atoms with Gasteiger partial charge in [0.05, 0.1) is 11.4 Å². The minimum absolute atomic E-state index is 0.0187. The van der Waals surface area contributed by atoms with Crippen LogP contribution >= 0.6 is 11.3 Å². The first-order valence-electron chi connectivity index (χ1n) is 7.73. The summed E-state index contributed by atoms with van der Waals surface area (Å²) in [5, 5.41) is 5.47. The first kappa shape index (κ1) is 14.3. The number of rotatable bonds is 2. The molecule has 4 rings (SSSR count). The molecule has 3 nitrogen and oxygen atoms in total. The molecule has 0 spiro atoms. The number of thiophene rings is 1. The lowest BCUT2D eigenvalue weighted by molar-refractivity contribution is 0.553. The van der Waals surface area contributed by atoms with Crippen molar-refractivity contribution >= 4 is 22.2 Å². The maximum Gasteiger partial charge on any atom is 0.112 e. The summed E-state index contributed by atoms with van der Waals surface area (Å²) in [6.45, 7) is 6.55. The fourth-order valence-electron chi connectivity index (χ4n) is 2.81. The fourth-order valence-corrected chi connectivity index (χ4v) is 3.45. The molecule has 3 heterocycles. The highest BCUT2D eigenvalue weighted by molar-refractivity contribution is 7.08. The lowest BCUT2D eigenvalue weighted by Gasteiger charge is -2.14. The molecule has 0 atom stereocenters. The molecule has 0 saturated carbocycles. The van der Waals surface area contributed by atoms with E-state index in [2.05, 4.69) is 78.0 Å². The van der Waals surface area contributed by atoms with Crippen molar-refractivity contribution in [3.63, 3.8) is 0 Å². The zero-order valence-electron chi connectivity index (χ0n) is 13.5. The Morgan fingerprint density at radius 3 is 2.65 bits per heavy atom. The van der Waals surface area contributed by atoms with Gasteiger partial charge in [-0.1, -0.05) is 39.0 Å². The summed E-state index contributed by atoms with van der Waals surface area (Å²) in [4.78, 5) is 11.9. The number of aromatic nitrogens is 3. The fraction of sp³-hybridized carbons (Fsp3) is 0.211. The Labute approximate surface area is 139 Å². The number of para-hydroxylation sites is 1. The third-order valence-corrected chi connectivity index (χ3v) is 4.75. The van der Waals surface area contributed by atoms with E-state index in [1.165, 1.54) is 16.5 Å². The number of imidazole rings is 1. The molecule has 1 aromatic carbocycles. The third kappa shape index (κ3) is 2.39. The van der Waals surface area contributed by atoms with Gasteiger partial charge in [0, 0.05) is 39.0 Å². The Hall–Kier alpha value is -2.33. The second-order valence-electron chi connectivity index (χ2n) is 6.82. The predicted octanol–water partition coefficient (Wildman–Crippen LogP) is 5.58. The van der Waals surface area contributed by atoms with Crippen molar-refractivity contribution in [2.45, 2.75) is 26.2 Å². The highest BCUT2D eigenvalue weighted by atomic mass is 32.1. The molecule has 0 saturated heterocycles. The van der Waals surface area contributed by atoms with Crippen LogP contribution < -0.4 is 0 Å². The topological polar surface area (TPSA) is 44.5 Å². The van der Waals surface area contributed by atoms with Crippen LogP contribution in [0.4, 0.5) is 0 Å². The average molecular weight is 321 g/mol. The van der Waals surface area contributed by atoms with Gasteiger partial charge in [-0.3, -0.25) is 0 Å². The molecule has 0 aliphatic carbocycles. The Bertz CT molecular complexity index is 952. The van der Waals surface area contributed by atoms with Crippen LogP contribution in [0, 0.1) is 0 Å². The number of benzene rings is 1. The van der Waals surface area contributed by atoms with E-state index < -0.39 is 0 Å². The van der Waals surface area contributed by atoms with Crippen molar-refractivity contribution in [1.82, 2.24) is 15.0 Å². The first-order chi connectivity index (χ1) is 11.0. The molecule has 0 amide bonds. The van der Waals surface area contributed by atoms with Crippen molar-refractivity contribution in [3.05, 3.63) is 53.1 Å². The van der Waals surface area contributed by atoms with Gasteiger partial charge in [-0.15, -0.1) is 0 Å². The van der Waals surface area contributed by atoms with Gasteiger partial charge >= 0.3 is 0 Å². The van der Waals surface area contributed by atoms with Crippen molar-refractivity contribution in [2.24, 2.45) is 0 Å². The molecule has 0 aliphatic heterocycles. The predicted molar refractivity (Wildman–Crippen MR) is 97.9 cm³/mol. The molecule has 116 valence electrons. The van der Waals surface area contributed by atoms with Gasteiger partial charge < -0.3 is 9.97 Å². The van der Waals surface area contributed by atoms with E-state index in [1.807, 2.05) is 0 Å².